The Hall–Kier alpha value is -3.28. The predicted octanol–water partition coefficient (Wildman–Crippen LogP) is 2.85. The number of urea groups is 1. The number of methoxy groups -OCH3 is 1. The van der Waals surface area contributed by atoms with E-state index in [1.54, 1.807) is 16.9 Å². The Morgan fingerprint density at radius 2 is 1.57 bits per heavy atom. The number of rotatable bonds is 4. The van der Waals surface area contributed by atoms with Gasteiger partial charge in [0.15, 0.2) is 0 Å². The van der Waals surface area contributed by atoms with Crippen molar-refractivity contribution in [3.05, 3.63) is 65.7 Å². The van der Waals surface area contributed by atoms with Gasteiger partial charge in [-0.2, -0.15) is 0 Å². The third-order valence-electron chi connectivity index (χ3n) is 4.85. The van der Waals surface area contributed by atoms with Gasteiger partial charge < -0.3 is 20.3 Å². The van der Waals surface area contributed by atoms with Crippen LogP contribution in [-0.2, 0) is 4.79 Å². The highest BCUT2D eigenvalue weighted by Crippen LogP contribution is 2.26. The molecule has 1 aliphatic rings. The van der Waals surface area contributed by atoms with Gasteiger partial charge in [-0.05, 0) is 24.1 Å². The summed E-state index contributed by atoms with van der Waals surface area (Å²) in [5, 5.41) is 0. The molecular formula is C22H25N3O3. The molecule has 146 valence electrons. The summed E-state index contributed by atoms with van der Waals surface area (Å²) in [5.41, 5.74) is 7.68. The van der Waals surface area contributed by atoms with Crippen molar-refractivity contribution < 1.29 is 14.3 Å². The van der Waals surface area contributed by atoms with Crippen molar-refractivity contribution in [3.63, 3.8) is 0 Å². The van der Waals surface area contributed by atoms with Crippen LogP contribution in [-0.4, -0.2) is 55.0 Å². The Bertz CT molecular complexity index is 864. The van der Waals surface area contributed by atoms with E-state index in [2.05, 4.69) is 0 Å². The fourth-order valence-corrected chi connectivity index (χ4v) is 3.34. The molecule has 0 spiro atoms. The van der Waals surface area contributed by atoms with Gasteiger partial charge in [0.25, 0.3) is 5.91 Å². The van der Waals surface area contributed by atoms with E-state index in [1.165, 1.54) is 0 Å². The number of primary amides is 1. The van der Waals surface area contributed by atoms with Crippen LogP contribution < -0.4 is 10.5 Å². The van der Waals surface area contributed by atoms with Crippen molar-refractivity contribution in [3.8, 4) is 5.75 Å². The van der Waals surface area contributed by atoms with E-state index in [-0.39, 0.29) is 5.91 Å². The van der Waals surface area contributed by atoms with Gasteiger partial charge in [0, 0.05) is 37.3 Å². The highest BCUT2D eigenvalue weighted by atomic mass is 16.5. The number of hydrogen-bond acceptors (Lipinski definition) is 3. The van der Waals surface area contributed by atoms with E-state index in [0.29, 0.717) is 43.9 Å². The molecule has 0 radical (unpaired) electrons. The standard InChI is InChI=1S/C22H25N3O3/c1-28-20-11-6-5-10-18(20)16-19(17-8-3-2-4-9-17)21(26)24-12-7-13-25(15-14-24)22(23)27/h2-6,8-11,16H,7,12-15H2,1H3,(H2,23,27)/b19-16+. The number of benzene rings is 2. The van der Waals surface area contributed by atoms with Crippen molar-refractivity contribution in [2.24, 2.45) is 5.73 Å². The Balaban J connectivity index is 1.94. The van der Waals surface area contributed by atoms with Crippen LogP contribution in [0.2, 0.25) is 0 Å². The molecule has 1 fully saturated rings. The summed E-state index contributed by atoms with van der Waals surface area (Å²) in [6, 6.07) is 16.8. The van der Waals surface area contributed by atoms with Crippen molar-refractivity contribution in [1.29, 1.82) is 0 Å². The SMILES string of the molecule is COc1ccccc1/C=C(/C(=O)N1CCCN(C(N)=O)CC1)c1ccccc1. The lowest BCUT2D eigenvalue weighted by atomic mass is 10.0. The largest absolute Gasteiger partial charge is 0.496 e. The molecule has 1 heterocycles. The molecule has 1 aliphatic heterocycles. The first-order valence-electron chi connectivity index (χ1n) is 9.34. The second-order valence-corrected chi connectivity index (χ2v) is 6.64. The minimum absolute atomic E-state index is 0.0663. The van der Waals surface area contributed by atoms with Gasteiger partial charge in [-0.3, -0.25) is 4.79 Å². The zero-order valence-electron chi connectivity index (χ0n) is 16.0. The minimum Gasteiger partial charge on any atom is -0.496 e. The Kier molecular flexibility index (Phi) is 6.32. The average molecular weight is 379 g/mol. The number of amides is 3. The zero-order valence-corrected chi connectivity index (χ0v) is 16.0. The summed E-state index contributed by atoms with van der Waals surface area (Å²) in [7, 11) is 1.61. The maximum atomic E-state index is 13.4. The molecule has 0 aromatic heterocycles. The monoisotopic (exact) mass is 379 g/mol. The van der Waals surface area contributed by atoms with Crippen LogP contribution in [0, 0.1) is 0 Å². The highest BCUT2D eigenvalue weighted by molar-refractivity contribution is 6.24. The normalized spacial score (nSPS) is 15.1. The molecule has 28 heavy (non-hydrogen) atoms. The molecule has 2 N–H and O–H groups in total. The number of carbonyl (C=O) groups excluding carboxylic acids is 2. The number of hydrogen-bond donors (Lipinski definition) is 1. The van der Waals surface area contributed by atoms with Crippen LogP contribution in [0.4, 0.5) is 4.79 Å². The smallest absolute Gasteiger partial charge is 0.314 e. The summed E-state index contributed by atoms with van der Waals surface area (Å²) in [6.07, 6.45) is 2.57. The van der Waals surface area contributed by atoms with Gasteiger partial charge >= 0.3 is 6.03 Å². The minimum atomic E-state index is -0.442. The Morgan fingerprint density at radius 1 is 0.929 bits per heavy atom. The molecule has 3 rings (SSSR count). The Labute approximate surface area is 165 Å². The molecule has 0 bridgehead atoms. The maximum Gasteiger partial charge on any atom is 0.314 e. The zero-order chi connectivity index (χ0) is 19.9. The third kappa shape index (κ3) is 4.52. The number of nitrogens with zero attached hydrogens (tertiary/aromatic N) is 2. The van der Waals surface area contributed by atoms with Gasteiger partial charge in [0.05, 0.1) is 7.11 Å². The molecule has 3 amide bonds. The van der Waals surface area contributed by atoms with Gasteiger partial charge in [-0.25, -0.2) is 4.79 Å². The van der Waals surface area contributed by atoms with E-state index in [4.69, 9.17) is 10.5 Å². The Morgan fingerprint density at radius 3 is 2.29 bits per heavy atom. The average Bonchev–Trinajstić information content (AvgIpc) is 2.99. The first-order chi connectivity index (χ1) is 13.6. The van der Waals surface area contributed by atoms with E-state index in [0.717, 1.165) is 11.1 Å². The number of carbonyl (C=O) groups is 2. The van der Waals surface area contributed by atoms with E-state index in [9.17, 15) is 9.59 Å². The molecule has 2 aromatic carbocycles. The fraction of sp³-hybridized carbons (Fsp3) is 0.273. The third-order valence-corrected chi connectivity index (χ3v) is 4.85. The van der Waals surface area contributed by atoms with Crippen LogP contribution in [0.3, 0.4) is 0 Å². The summed E-state index contributed by atoms with van der Waals surface area (Å²) >= 11 is 0. The summed E-state index contributed by atoms with van der Waals surface area (Å²) < 4.78 is 5.44. The van der Waals surface area contributed by atoms with Gasteiger partial charge in [0.1, 0.15) is 5.75 Å². The summed E-state index contributed by atoms with van der Waals surface area (Å²) in [4.78, 5) is 28.3. The lowest BCUT2D eigenvalue weighted by molar-refractivity contribution is -0.124. The van der Waals surface area contributed by atoms with Crippen molar-refractivity contribution in [2.75, 3.05) is 33.3 Å². The van der Waals surface area contributed by atoms with Gasteiger partial charge in [0.2, 0.25) is 0 Å². The summed E-state index contributed by atoms with van der Waals surface area (Å²) in [6.45, 7) is 2.05. The quantitative estimate of drug-likeness (QED) is 0.656. The number of ether oxygens (including phenoxy) is 1. The van der Waals surface area contributed by atoms with Gasteiger partial charge in [-0.15, -0.1) is 0 Å². The molecule has 6 nitrogen and oxygen atoms in total. The van der Waals surface area contributed by atoms with E-state index in [1.807, 2.05) is 60.7 Å². The summed E-state index contributed by atoms with van der Waals surface area (Å²) in [5.74, 6) is 0.642. The maximum absolute atomic E-state index is 13.4. The number of para-hydroxylation sites is 1. The lowest BCUT2D eigenvalue weighted by Crippen LogP contribution is -2.39. The topological polar surface area (TPSA) is 75.9 Å². The lowest BCUT2D eigenvalue weighted by Gasteiger charge is -2.23. The molecule has 0 unspecified atom stereocenters. The van der Waals surface area contributed by atoms with Crippen LogP contribution in [0.15, 0.2) is 54.6 Å². The molecule has 0 saturated carbocycles. The second-order valence-electron chi connectivity index (χ2n) is 6.64. The first kappa shape index (κ1) is 19.5. The van der Waals surface area contributed by atoms with E-state index >= 15 is 0 Å². The fourth-order valence-electron chi connectivity index (χ4n) is 3.34. The molecule has 1 saturated heterocycles. The number of nitrogens with two attached hydrogens (primary N) is 1. The van der Waals surface area contributed by atoms with Crippen LogP contribution in [0.1, 0.15) is 17.5 Å². The van der Waals surface area contributed by atoms with Crippen molar-refractivity contribution in [1.82, 2.24) is 9.80 Å². The first-order valence-corrected chi connectivity index (χ1v) is 9.34. The molecule has 0 atom stereocenters. The molecule has 0 aliphatic carbocycles. The molecular weight excluding hydrogens is 354 g/mol. The molecule has 2 aromatic rings. The van der Waals surface area contributed by atoms with Gasteiger partial charge in [-0.1, -0.05) is 48.5 Å². The molecule has 6 heteroatoms. The van der Waals surface area contributed by atoms with Crippen molar-refractivity contribution in [2.45, 2.75) is 6.42 Å². The highest BCUT2D eigenvalue weighted by Gasteiger charge is 2.24. The van der Waals surface area contributed by atoms with Crippen LogP contribution in [0.25, 0.3) is 11.6 Å². The van der Waals surface area contributed by atoms with E-state index < -0.39 is 6.03 Å². The second kappa shape index (κ2) is 9.08. The predicted molar refractivity (Wildman–Crippen MR) is 110 cm³/mol. The van der Waals surface area contributed by atoms with Crippen LogP contribution in [0.5, 0.6) is 5.75 Å². The van der Waals surface area contributed by atoms with Crippen molar-refractivity contribution >= 4 is 23.6 Å². The van der Waals surface area contributed by atoms with Crippen LogP contribution >= 0.6 is 0 Å².